The lowest BCUT2D eigenvalue weighted by Gasteiger charge is -2.38. The molecule has 0 atom stereocenters. The van der Waals surface area contributed by atoms with E-state index in [-0.39, 0.29) is 11.8 Å². The highest BCUT2D eigenvalue weighted by molar-refractivity contribution is 6.45. The number of carbonyl (C=O) groups excluding carboxylic acids is 2. The lowest BCUT2D eigenvalue weighted by atomic mass is 10.0. The molecule has 0 aromatic heterocycles. The van der Waals surface area contributed by atoms with Crippen LogP contribution >= 0.6 is 0 Å². The minimum atomic E-state index is -0.256. The van der Waals surface area contributed by atoms with Crippen LogP contribution in [0.1, 0.15) is 22.3 Å². The van der Waals surface area contributed by atoms with E-state index in [0.717, 1.165) is 24.2 Å². The second-order valence-electron chi connectivity index (χ2n) is 9.07. The Labute approximate surface area is 200 Å². The smallest absolute Gasteiger partial charge is 0.282 e. The Morgan fingerprint density at radius 2 is 1.35 bits per heavy atom. The van der Waals surface area contributed by atoms with E-state index in [1.165, 1.54) is 21.7 Å². The number of benzene rings is 3. The van der Waals surface area contributed by atoms with Gasteiger partial charge in [0.1, 0.15) is 5.70 Å². The molecule has 2 amide bonds. The van der Waals surface area contributed by atoms with E-state index in [9.17, 15) is 9.59 Å². The normalized spacial score (nSPS) is 16.6. The first-order valence-corrected chi connectivity index (χ1v) is 11.8. The summed E-state index contributed by atoms with van der Waals surface area (Å²) in [4.78, 5) is 33.2. The molecule has 0 bridgehead atoms. The maximum absolute atomic E-state index is 13.8. The van der Waals surface area contributed by atoms with Crippen molar-refractivity contribution in [1.82, 2.24) is 4.90 Å². The molecule has 0 N–H and O–H groups in total. The third-order valence-electron chi connectivity index (χ3n) is 6.89. The van der Waals surface area contributed by atoms with E-state index >= 15 is 0 Å². The zero-order valence-corrected chi connectivity index (χ0v) is 19.9. The number of aryl methyl sites for hydroxylation is 2. The Morgan fingerprint density at radius 3 is 2.06 bits per heavy atom. The lowest BCUT2D eigenvalue weighted by Crippen LogP contribution is -2.48. The van der Waals surface area contributed by atoms with Crippen LogP contribution in [0.15, 0.2) is 78.5 Å². The molecule has 0 unspecified atom stereocenters. The van der Waals surface area contributed by atoms with E-state index in [2.05, 4.69) is 41.8 Å². The summed E-state index contributed by atoms with van der Waals surface area (Å²) in [6.07, 6.45) is 0. The van der Waals surface area contributed by atoms with Crippen LogP contribution < -0.4 is 9.80 Å². The molecule has 0 radical (unpaired) electrons. The number of amides is 2. The maximum atomic E-state index is 13.8. The third-order valence-corrected chi connectivity index (χ3v) is 6.89. The number of imide groups is 1. The fourth-order valence-electron chi connectivity index (χ4n) is 4.93. The highest BCUT2D eigenvalue weighted by Crippen LogP contribution is 2.36. The van der Waals surface area contributed by atoms with Gasteiger partial charge in [-0.15, -0.1) is 0 Å². The molecule has 2 aliphatic rings. The van der Waals surface area contributed by atoms with Crippen molar-refractivity contribution in [2.24, 2.45) is 0 Å². The van der Waals surface area contributed by atoms with Gasteiger partial charge >= 0.3 is 0 Å². The van der Waals surface area contributed by atoms with Crippen LogP contribution in [0.3, 0.4) is 0 Å². The van der Waals surface area contributed by atoms with Gasteiger partial charge in [0.25, 0.3) is 11.8 Å². The Morgan fingerprint density at radius 1 is 0.676 bits per heavy atom. The van der Waals surface area contributed by atoms with Crippen LogP contribution in [0.25, 0.3) is 5.57 Å². The van der Waals surface area contributed by atoms with Crippen LogP contribution in [0.4, 0.5) is 11.4 Å². The van der Waals surface area contributed by atoms with Gasteiger partial charge in [-0.25, -0.2) is 4.90 Å². The van der Waals surface area contributed by atoms with Crippen molar-refractivity contribution in [3.05, 3.63) is 101 Å². The molecule has 0 saturated carbocycles. The number of rotatable bonds is 4. The summed E-state index contributed by atoms with van der Waals surface area (Å²) in [6.45, 7) is 9.21. The van der Waals surface area contributed by atoms with Crippen LogP contribution in [-0.2, 0) is 9.59 Å². The molecule has 5 nitrogen and oxygen atoms in total. The zero-order valence-electron chi connectivity index (χ0n) is 19.9. The Hall–Kier alpha value is -3.86. The number of carbonyl (C=O) groups is 2. The van der Waals surface area contributed by atoms with E-state index in [0.29, 0.717) is 30.0 Å². The topological polar surface area (TPSA) is 43.9 Å². The second kappa shape index (κ2) is 8.82. The van der Waals surface area contributed by atoms with Gasteiger partial charge in [-0.1, -0.05) is 54.6 Å². The highest BCUT2D eigenvalue weighted by Gasteiger charge is 2.43. The van der Waals surface area contributed by atoms with E-state index in [1.54, 1.807) is 0 Å². The first-order valence-electron chi connectivity index (χ1n) is 11.8. The Bertz CT molecular complexity index is 1290. The molecule has 5 heteroatoms. The predicted molar refractivity (Wildman–Crippen MR) is 137 cm³/mol. The summed E-state index contributed by atoms with van der Waals surface area (Å²) in [5.74, 6) is -0.497. The van der Waals surface area contributed by atoms with Gasteiger partial charge in [0.2, 0.25) is 0 Å². The van der Waals surface area contributed by atoms with Crippen molar-refractivity contribution in [1.29, 1.82) is 0 Å². The quantitative estimate of drug-likeness (QED) is 0.539. The third kappa shape index (κ3) is 3.77. The number of piperazine rings is 1. The molecule has 1 saturated heterocycles. The molecule has 0 aliphatic carbocycles. The summed E-state index contributed by atoms with van der Waals surface area (Å²) < 4.78 is 0. The van der Waals surface area contributed by atoms with Crippen LogP contribution in [0.2, 0.25) is 0 Å². The Kier molecular flexibility index (Phi) is 5.70. The van der Waals surface area contributed by atoms with Crippen LogP contribution in [0, 0.1) is 20.8 Å². The zero-order chi connectivity index (χ0) is 23.8. The van der Waals surface area contributed by atoms with Crippen LogP contribution in [-0.4, -0.2) is 42.9 Å². The Balaban J connectivity index is 1.49. The predicted octanol–water partition coefficient (Wildman–Crippen LogP) is 4.72. The van der Waals surface area contributed by atoms with Crippen molar-refractivity contribution < 1.29 is 9.59 Å². The SMILES string of the molecule is Cc1cccc(N2C(=O)C(c3ccccc3)=C(N3CCN(c4cccc(C)c4C)CC3)C2=O)c1. The molecular formula is C29H29N3O2. The molecule has 0 spiro atoms. The largest absolute Gasteiger partial charge is 0.368 e. The van der Waals surface area contributed by atoms with E-state index < -0.39 is 0 Å². The number of nitrogens with zero attached hydrogens (tertiary/aromatic N) is 3. The van der Waals surface area contributed by atoms with Gasteiger partial charge in [0, 0.05) is 31.9 Å². The standard InChI is InChI=1S/C29H29N3O2/c1-20-9-7-13-24(19-20)32-28(33)26(23-11-5-4-6-12-23)27(29(32)34)31-17-15-30(16-18-31)25-14-8-10-21(2)22(25)3/h4-14,19H,15-18H2,1-3H3. The summed E-state index contributed by atoms with van der Waals surface area (Å²) in [5, 5.41) is 0. The van der Waals surface area contributed by atoms with Gasteiger partial charge in [-0.05, 0) is 61.2 Å². The monoisotopic (exact) mass is 451 g/mol. The summed E-state index contributed by atoms with van der Waals surface area (Å²) in [7, 11) is 0. The second-order valence-corrected chi connectivity index (χ2v) is 9.07. The molecule has 3 aromatic rings. The average Bonchev–Trinajstić information content (AvgIpc) is 3.11. The van der Waals surface area contributed by atoms with Gasteiger partial charge in [0.05, 0.1) is 11.3 Å². The molecule has 1 fully saturated rings. The minimum Gasteiger partial charge on any atom is -0.368 e. The summed E-state index contributed by atoms with van der Waals surface area (Å²) in [5.41, 5.74) is 7.22. The van der Waals surface area contributed by atoms with Crippen molar-refractivity contribution >= 4 is 28.8 Å². The van der Waals surface area contributed by atoms with Crippen molar-refractivity contribution in [3.63, 3.8) is 0 Å². The molecule has 34 heavy (non-hydrogen) atoms. The van der Waals surface area contributed by atoms with E-state index in [4.69, 9.17) is 0 Å². The lowest BCUT2D eigenvalue weighted by molar-refractivity contribution is -0.120. The molecular weight excluding hydrogens is 422 g/mol. The number of hydrogen-bond acceptors (Lipinski definition) is 4. The van der Waals surface area contributed by atoms with E-state index in [1.807, 2.05) is 61.5 Å². The molecule has 2 aliphatic heterocycles. The fourth-order valence-corrected chi connectivity index (χ4v) is 4.93. The molecule has 3 aromatic carbocycles. The molecule has 5 rings (SSSR count). The van der Waals surface area contributed by atoms with Gasteiger partial charge in [-0.3, -0.25) is 9.59 Å². The fraction of sp³-hybridized carbons (Fsp3) is 0.241. The first kappa shape index (κ1) is 22.0. The number of anilines is 2. The van der Waals surface area contributed by atoms with Gasteiger partial charge in [-0.2, -0.15) is 0 Å². The average molecular weight is 452 g/mol. The molecule has 172 valence electrons. The molecule has 2 heterocycles. The van der Waals surface area contributed by atoms with Crippen molar-refractivity contribution in [3.8, 4) is 0 Å². The summed E-state index contributed by atoms with van der Waals surface area (Å²) in [6, 6.07) is 23.5. The maximum Gasteiger partial charge on any atom is 0.282 e. The minimum absolute atomic E-state index is 0.241. The summed E-state index contributed by atoms with van der Waals surface area (Å²) >= 11 is 0. The first-order chi connectivity index (χ1) is 16.5. The van der Waals surface area contributed by atoms with Gasteiger partial charge in [0.15, 0.2) is 0 Å². The van der Waals surface area contributed by atoms with Crippen molar-refractivity contribution in [2.45, 2.75) is 20.8 Å². The van der Waals surface area contributed by atoms with Crippen LogP contribution in [0.5, 0.6) is 0 Å². The van der Waals surface area contributed by atoms with Gasteiger partial charge < -0.3 is 9.80 Å². The highest BCUT2D eigenvalue weighted by atomic mass is 16.2. The number of hydrogen-bond donors (Lipinski definition) is 0. The van der Waals surface area contributed by atoms with Crippen molar-refractivity contribution in [2.75, 3.05) is 36.0 Å².